The van der Waals surface area contributed by atoms with Gasteiger partial charge in [-0.05, 0) is 67.1 Å². The largest absolute Gasteiger partial charge is 0.416 e. The lowest BCUT2D eigenvalue weighted by atomic mass is 9.91. The SMILES string of the molecule is CC.CC.CCCC(CC)c1ccc2c(CC)nc(N/N=C/c3ccc(Nc4cccc(C(F)(F)F)c4)cn3)nc2c1. The summed E-state index contributed by atoms with van der Waals surface area (Å²) in [4.78, 5) is 13.6. The quantitative estimate of drug-likeness (QED) is 0.144. The molecule has 1 atom stereocenters. The van der Waals surface area contributed by atoms with Crippen molar-refractivity contribution in [1.82, 2.24) is 15.0 Å². The number of alkyl halides is 3. The molecule has 226 valence electrons. The second-order valence-electron chi connectivity index (χ2n) is 9.06. The summed E-state index contributed by atoms with van der Waals surface area (Å²) in [5, 5.41) is 8.22. The number of benzene rings is 2. The molecular weight excluding hydrogens is 537 g/mol. The maximum Gasteiger partial charge on any atom is 0.416 e. The van der Waals surface area contributed by atoms with Crippen molar-refractivity contribution in [1.29, 1.82) is 0 Å². The number of halogens is 3. The van der Waals surface area contributed by atoms with Gasteiger partial charge >= 0.3 is 6.18 Å². The maximum absolute atomic E-state index is 12.9. The fraction of sp³-hybridized carbons (Fsp3) is 0.394. The van der Waals surface area contributed by atoms with Crippen molar-refractivity contribution in [3.63, 3.8) is 0 Å². The molecule has 0 amide bonds. The van der Waals surface area contributed by atoms with E-state index in [1.807, 2.05) is 27.7 Å². The minimum atomic E-state index is -4.40. The molecule has 2 aromatic heterocycles. The van der Waals surface area contributed by atoms with E-state index in [2.05, 4.69) is 64.8 Å². The molecule has 9 heteroatoms. The number of aromatic nitrogens is 3. The number of fused-ring (bicyclic) bond motifs is 1. The monoisotopic (exact) mass is 580 g/mol. The predicted octanol–water partition coefficient (Wildman–Crippen LogP) is 10.1. The lowest BCUT2D eigenvalue weighted by Crippen LogP contribution is -2.05. The van der Waals surface area contributed by atoms with E-state index < -0.39 is 11.7 Å². The summed E-state index contributed by atoms with van der Waals surface area (Å²) < 4.78 is 38.8. The fourth-order valence-electron chi connectivity index (χ4n) is 4.39. The summed E-state index contributed by atoms with van der Waals surface area (Å²) in [6, 6.07) is 14.9. The molecule has 0 radical (unpaired) electrons. The molecule has 2 aromatic carbocycles. The number of pyridine rings is 1. The zero-order valence-electron chi connectivity index (χ0n) is 25.7. The van der Waals surface area contributed by atoms with Gasteiger partial charge in [-0.2, -0.15) is 18.3 Å². The van der Waals surface area contributed by atoms with Crippen LogP contribution in [0.3, 0.4) is 0 Å². The van der Waals surface area contributed by atoms with Crippen LogP contribution in [-0.2, 0) is 12.6 Å². The average molecular weight is 581 g/mol. The number of nitrogens with one attached hydrogen (secondary N) is 2. The predicted molar refractivity (Wildman–Crippen MR) is 170 cm³/mol. The van der Waals surface area contributed by atoms with Crippen molar-refractivity contribution in [2.45, 2.75) is 86.2 Å². The van der Waals surface area contributed by atoms with E-state index in [4.69, 9.17) is 4.98 Å². The van der Waals surface area contributed by atoms with Gasteiger partial charge in [0.2, 0.25) is 5.95 Å². The Kier molecular flexibility index (Phi) is 13.9. The average Bonchev–Trinajstić information content (AvgIpc) is 3.01. The molecule has 0 bridgehead atoms. The first kappa shape index (κ1) is 34.2. The molecule has 0 aliphatic rings. The van der Waals surface area contributed by atoms with Gasteiger partial charge in [0.1, 0.15) is 0 Å². The van der Waals surface area contributed by atoms with E-state index in [-0.39, 0.29) is 0 Å². The second kappa shape index (κ2) is 17.1. The molecule has 0 fully saturated rings. The van der Waals surface area contributed by atoms with Crippen LogP contribution in [0.25, 0.3) is 10.9 Å². The third-order valence-electron chi connectivity index (χ3n) is 6.36. The van der Waals surface area contributed by atoms with Crippen LogP contribution >= 0.6 is 0 Å². The Balaban J connectivity index is 0.00000148. The van der Waals surface area contributed by atoms with E-state index in [9.17, 15) is 13.2 Å². The summed E-state index contributed by atoms with van der Waals surface area (Å²) in [5.41, 5.74) is 6.78. The van der Waals surface area contributed by atoms with Crippen LogP contribution in [0.2, 0.25) is 0 Å². The third kappa shape index (κ3) is 9.53. The summed E-state index contributed by atoms with van der Waals surface area (Å²) in [6.07, 6.45) is 2.81. The standard InChI is InChI=1S/C29H31F3N6.2C2H6/c1-4-8-19(5-2)20-11-14-25-26(6-3)36-28(37-27(25)15-20)38-34-18-23-12-13-24(17-33-23)35-22-10-7-9-21(16-22)29(30,31)32;2*1-2/h7,9-19,35H,4-6,8H2,1-3H3,(H,36,37,38);2*1-2H3/b34-18+;;. The Hall–Kier alpha value is -4.01. The molecule has 0 aliphatic heterocycles. The van der Waals surface area contributed by atoms with E-state index in [1.165, 1.54) is 24.0 Å². The Bertz CT molecular complexity index is 1400. The number of aryl methyl sites for hydroxylation is 1. The molecule has 4 aromatic rings. The number of rotatable bonds is 10. The summed E-state index contributed by atoms with van der Waals surface area (Å²) in [5.74, 6) is 0.921. The summed E-state index contributed by atoms with van der Waals surface area (Å²) in [6.45, 7) is 14.5. The zero-order valence-corrected chi connectivity index (χ0v) is 25.7. The van der Waals surface area contributed by atoms with Gasteiger partial charge in [0.25, 0.3) is 0 Å². The van der Waals surface area contributed by atoms with Crippen LogP contribution < -0.4 is 10.7 Å². The summed E-state index contributed by atoms with van der Waals surface area (Å²) in [7, 11) is 0. The van der Waals surface area contributed by atoms with Crippen molar-refractivity contribution >= 4 is 34.4 Å². The topological polar surface area (TPSA) is 75.1 Å². The Labute approximate surface area is 247 Å². The molecular formula is C33H43F3N6. The molecule has 42 heavy (non-hydrogen) atoms. The zero-order chi connectivity index (χ0) is 31.1. The first-order chi connectivity index (χ1) is 20.3. The molecule has 2 heterocycles. The molecule has 6 nitrogen and oxygen atoms in total. The highest BCUT2D eigenvalue weighted by Gasteiger charge is 2.30. The number of anilines is 3. The van der Waals surface area contributed by atoms with Crippen molar-refractivity contribution in [2.24, 2.45) is 5.10 Å². The van der Waals surface area contributed by atoms with Crippen molar-refractivity contribution in [3.8, 4) is 0 Å². The lowest BCUT2D eigenvalue weighted by molar-refractivity contribution is -0.137. The number of hydrogen-bond acceptors (Lipinski definition) is 6. The molecule has 0 spiro atoms. The molecule has 0 saturated heterocycles. The Morgan fingerprint density at radius 2 is 1.67 bits per heavy atom. The molecule has 2 N–H and O–H groups in total. The van der Waals surface area contributed by atoms with E-state index >= 15 is 0 Å². The van der Waals surface area contributed by atoms with Gasteiger partial charge in [-0.3, -0.25) is 4.98 Å². The van der Waals surface area contributed by atoms with Gasteiger partial charge in [-0.15, -0.1) is 0 Å². The molecule has 0 aliphatic carbocycles. The second-order valence-corrected chi connectivity index (χ2v) is 9.06. The maximum atomic E-state index is 12.9. The number of hydrogen-bond donors (Lipinski definition) is 2. The minimum Gasteiger partial charge on any atom is -0.354 e. The van der Waals surface area contributed by atoms with Crippen LogP contribution in [0.4, 0.5) is 30.5 Å². The van der Waals surface area contributed by atoms with Gasteiger partial charge in [-0.25, -0.2) is 15.4 Å². The Morgan fingerprint density at radius 1 is 0.905 bits per heavy atom. The summed E-state index contributed by atoms with van der Waals surface area (Å²) >= 11 is 0. The number of hydrazone groups is 1. The van der Waals surface area contributed by atoms with Gasteiger partial charge in [-0.1, -0.05) is 73.1 Å². The van der Waals surface area contributed by atoms with Crippen LogP contribution in [0.15, 0.2) is 65.9 Å². The fourth-order valence-corrected chi connectivity index (χ4v) is 4.39. The first-order valence-corrected chi connectivity index (χ1v) is 14.8. The molecule has 1 unspecified atom stereocenters. The van der Waals surface area contributed by atoms with Gasteiger partial charge in [0.15, 0.2) is 0 Å². The van der Waals surface area contributed by atoms with E-state index in [0.717, 1.165) is 54.4 Å². The van der Waals surface area contributed by atoms with Crippen LogP contribution in [-0.4, -0.2) is 21.2 Å². The van der Waals surface area contributed by atoms with E-state index in [0.29, 0.717) is 28.9 Å². The smallest absolute Gasteiger partial charge is 0.354 e. The molecule has 0 saturated carbocycles. The molecule has 4 rings (SSSR count). The first-order valence-electron chi connectivity index (χ1n) is 14.8. The van der Waals surface area contributed by atoms with Gasteiger partial charge in [0.05, 0.1) is 40.6 Å². The van der Waals surface area contributed by atoms with E-state index in [1.54, 1.807) is 18.2 Å². The van der Waals surface area contributed by atoms with Crippen LogP contribution in [0, 0.1) is 0 Å². The number of nitrogens with zero attached hydrogens (tertiary/aromatic N) is 4. The van der Waals surface area contributed by atoms with Crippen LogP contribution in [0.5, 0.6) is 0 Å². The Morgan fingerprint density at radius 3 is 2.29 bits per heavy atom. The van der Waals surface area contributed by atoms with Gasteiger partial charge < -0.3 is 5.32 Å². The minimum absolute atomic E-state index is 0.327. The van der Waals surface area contributed by atoms with Crippen molar-refractivity contribution < 1.29 is 13.2 Å². The highest BCUT2D eigenvalue weighted by molar-refractivity contribution is 5.83. The van der Waals surface area contributed by atoms with Gasteiger partial charge in [0, 0.05) is 11.1 Å². The highest BCUT2D eigenvalue weighted by Crippen LogP contribution is 2.31. The normalized spacial score (nSPS) is 11.8. The lowest BCUT2D eigenvalue weighted by Gasteiger charge is -2.15. The third-order valence-corrected chi connectivity index (χ3v) is 6.36. The van der Waals surface area contributed by atoms with Crippen molar-refractivity contribution in [3.05, 3.63) is 83.3 Å². The van der Waals surface area contributed by atoms with Crippen LogP contribution in [0.1, 0.15) is 96.2 Å². The highest BCUT2D eigenvalue weighted by atomic mass is 19.4. The van der Waals surface area contributed by atoms with Crippen molar-refractivity contribution in [2.75, 3.05) is 10.7 Å².